The van der Waals surface area contributed by atoms with Crippen molar-refractivity contribution >= 4 is 5.97 Å². The molecular formula is C6H9F2NO. The average molecular weight is 149 g/mol. The third-order valence-electron chi connectivity index (χ3n) is 0.964. The highest BCUT2D eigenvalue weighted by atomic mass is 19.2. The molecule has 0 aromatic rings. The van der Waals surface area contributed by atoms with Crippen molar-refractivity contribution in [1.82, 2.24) is 0 Å². The summed E-state index contributed by atoms with van der Waals surface area (Å²) in [6.45, 7) is 3.00. The maximum atomic E-state index is 12.2. The highest BCUT2D eigenvalue weighted by molar-refractivity contribution is 5.87. The molecule has 0 fully saturated rings. The molecule has 0 aliphatic carbocycles. The highest BCUT2D eigenvalue weighted by Gasteiger charge is 2.12. The quantitative estimate of drug-likeness (QED) is 0.459. The Morgan fingerprint density at radius 3 is 1.90 bits per heavy atom. The fraction of sp³-hybridized carbons (Fsp3) is 0.500. The number of aliphatic hydroxyl groups excluding tert-OH is 1. The lowest BCUT2D eigenvalue weighted by Crippen LogP contribution is -2.00. The summed E-state index contributed by atoms with van der Waals surface area (Å²) in [7, 11) is 0. The van der Waals surface area contributed by atoms with Gasteiger partial charge in [0.05, 0.1) is 0 Å². The highest BCUT2D eigenvalue weighted by Crippen LogP contribution is 2.13. The van der Waals surface area contributed by atoms with E-state index >= 15 is 0 Å². The van der Waals surface area contributed by atoms with Crippen molar-refractivity contribution in [3.8, 4) is 0 Å². The number of halogens is 2. The van der Waals surface area contributed by atoms with E-state index in [9.17, 15) is 8.78 Å². The summed E-state index contributed by atoms with van der Waals surface area (Å²) in [5, 5.41) is 14.9. The van der Waals surface area contributed by atoms with Gasteiger partial charge in [-0.2, -0.15) is 8.78 Å². The lowest BCUT2D eigenvalue weighted by molar-refractivity contribution is 0.330. The van der Waals surface area contributed by atoms with Gasteiger partial charge in [-0.25, -0.2) is 0 Å². The predicted molar refractivity (Wildman–Crippen MR) is 34.4 cm³/mol. The van der Waals surface area contributed by atoms with Crippen molar-refractivity contribution in [2.24, 2.45) is 5.92 Å². The van der Waals surface area contributed by atoms with Gasteiger partial charge in [-0.1, -0.05) is 13.8 Å². The molecule has 58 valence electrons. The van der Waals surface area contributed by atoms with Crippen LogP contribution in [0.2, 0.25) is 0 Å². The molecule has 0 unspecified atom stereocenters. The number of hydrogen-bond donors (Lipinski definition) is 2. The summed E-state index contributed by atoms with van der Waals surface area (Å²) >= 11 is 0. The zero-order valence-electron chi connectivity index (χ0n) is 5.78. The molecule has 0 aromatic heterocycles. The Morgan fingerprint density at radius 2 is 1.80 bits per heavy atom. The number of nitrogens with one attached hydrogen (secondary N) is 1. The molecule has 0 saturated carbocycles. The molecule has 0 aliphatic heterocycles. The van der Waals surface area contributed by atoms with Crippen LogP contribution in [0.3, 0.4) is 0 Å². The van der Waals surface area contributed by atoms with Crippen LogP contribution in [0.5, 0.6) is 0 Å². The molecule has 0 saturated heterocycles. The van der Waals surface area contributed by atoms with Crippen LogP contribution in [0, 0.1) is 11.3 Å². The minimum Gasteiger partial charge on any atom is -0.509 e. The Hall–Kier alpha value is -0.930. The molecule has 2 nitrogen and oxygen atoms in total. The fourth-order valence-electron chi connectivity index (χ4n) is 0.366. The maximum Gasteiger partial charge on any atom is 0.245 e. The molecule has 0 aromatic carbocycles. The predicted octanol–water partition coefficient (Wildman–Crippen LogP) is 2.33. The zero-order valence-corrected chi connectivity index (χ0v) is 5.78. The van der Waals surface area contributed by atoms with Gasteiger partial charge in [0.1, 0.15) is 5.76 Å². The van der Waals surface area contributed by atoms with Crippen molar-refractivity contribution in [2.75, 3.05) is 0 Å². The van der Waals surface area contributed by atoms with Crippen molar-refractivity contribution < 1.29 is 13.9 Å². The van der Waals surface area contributed by atoms with Crippen LogP contribution in [-0.2, 0) is 0 Å². The lowest BCUT2D eigenvalue weighted by atomic mass is 10.1. The van der Waals surface area contributed by atoms with E-state index in [1.165, 1.54) is 13.8 Å². The molecule has 0 rings (SSSR count). The van der Waals surface area contributed by atoms with Crippen LogP contribution in [0.1, 0.15) is 13.8 Å². The van der Waals surface area contributed by atoms with Gasteiger partial charge in [0.2, 0.25) is 11.8 Å². The maximum absolute atomic E-state index is 12.2. The van der Waals surface area contributed by atoms with Gasteiger partial charge in [0, 0.05) is 5.92 Å². The Balaban J connectivity index is 4.50. The summed E-state index contributed by atoms with van der Waals surface area (Å²) in [5.74, 6) is -4.41. The smallest absolute Gasteiger partial charge is 0.245 e. The average Bonchev–Trinajstić information content (AvgIpc) is 1.84. The molecule has 0 heterocycles. The van der Waals surface area contributed by atoms with Crippen LogP contribution in [-0.4, -0.2) is 11.1 Å². The zero-order chi connectivity index (χ0) is 8.31. The summed E-state index contributed by atoms with van der Waals surface area (Å²) in [6.07, 6.45) is 0. The molecule has 0 radical (unpaired) electrons. The second kappa shape index (κ2) is 3.29. The number of hydrogen-bond acceptors (Lipinski definition) is 2. The summed E-state index contributed by atoms with van der Waals surface area (Å²) in [5.41, 5.74) is 0. The first-order chi connectivity index (χ1) is 4.46. The lowest BCUT2D eigenvalue weighted by Gasteiger charge is -2.02. The molecule has 0 spiro atoms. The molecule has 0 atom stereocenters. The molecule has 0 aliphatic rings. The largest absolute Gasteiger partial charge is 0.509 e. The summed E-state index contributed by atoms with van der Waals surface area (Å²) in [4.78, 5) is 0. The van der Waals surface area contributed by atoms with Crippen LogP contribution in [0.25, 0.3) is 0 Å². The summed E-state index contributed by atoms with van der Waals surface area (Å²) in [6, 6.07) is 0. The van der Waals surface area contributed by atoms with Crippen molar-refractivity contribution in [2.45, 2.75) is 13.8 Å². The first-order valence-electron chi connectivity index (χ1n) is 2.79. The van der Waals surface area contributed by atoms with E-state index in [2.05, 4.69) is 0 Å². The van der Waals surface area contributed by atoms with Crippen molar-refractivity contribution in [3.05, 3.63) is 11.6 Å². The van der Waals surface area contributed by atoms with E-state index in [1.54, 1.807) is 0 Å². The molecule has 2 N–H and O–H groups in total. The molecule has 10 heavy (non-hydrogen) atoms. The fourth-order valence-corrected chi connectivity index (χ4v) is 0.366. The molecule has 0 amide bonds. The van der Waals surface area contributed by atoms with Crippen LogP contribution < -0.4 is 0 Å². The molecular weight excluding hydrogens is 140 g/mol. The Morgan fingerprint density at radius 1 is 1.40 bits per heavy atom. The number of allylic oxidation sites excluding steroid dienone is 2. The first kappa shape index (κ1) is 9.07. The molecule has 0 bridgehead atoms. The van der Waals surface area contributed by atoms with E-state index in [-0.39, 0.29) is 0 Å². The standard InChI is InChI=1S/C6H9F2NO/c1-3(2)5(10)4(7)6(8)9/h3,9-10H,1-2H3/b5-4+,9-6?. The van der Waals surface area contributed by atoms with Gasteiger partial charge < -0.3 is 5.11 Å². The van der Waals surface area contributed by atoms with Crippen LogP contribution >= 0.6 is 0 Å². The van der Waals surface area contributed by atoms with E-state index in [0.717, 1.165) is 0 Å². The van der Waals surface area contributed by atoms with E-state index in [0.29, 0.717) is 0 Å². The van der Waals surface area contributed by atoms with E-state index in [1.807, 2.05) is 0 Å². The van der Waals surface area contributed by atoms with Gasteiger partial charge in [-0.3, -0.25) is 5.41 Å². The number of rotatable bonds is 2. The van der Waals surface area contributed by atoms with E-state index in [4.69, 9.17) is 10.5 Å². The van der Waals surface area contributed by atoms with Crippen molar-refractivity contribution in [1.29, 1.82) is 5.41 Å². The Kier molecular flexibility index (Phi) is 2.99. The van der Waals surface area contributed by atoms with Crippen LogP contribution in [0.15, 0.2) is 11.6 Å². The Bertz CT molecular complexity index is 175. The first-order valence-corrected chi connectivity index (χ1v) is 2.79. The second-order valence-electron chi connectivity index (χ2n) is 2.17. The third-order valence-corrected chi connectivity index (χ3v) is 0.964. The van der Waals surface area contributed by atoms with Gasteiger partial charge in [0.15, 0.2) is 0 Å². The second-order valence-corrected chi connectivity index (χ2v) is 2.17. The van der Waals surface area contributed by atoms with Gasteiger partial charge in [-0.05, 0) is 0 Å². The van der Waals surface area contributed by atoms with Gasteiger partial charge in [0.25, 0.3) is 0 Å². The molecule has 4 heteroatoms. The monoisotopic (exact) mass is 149 g/mol. The van der Waals surface area contributed by atoms with Gasteiger partial charge in [-0.15, -0.1) is 0 Å². The number of aliphatic hydroxyl groups is 1. The summed E-state index contributed by atoms with van der Waals surface area (Å²) < 4.78 is 23.9. The van der Waals surface area contributed by atoms with Crippen LogP contribution in [0.4, 0.5) is 8.78 Å². The Labute approximate surface area is 57.7 Å². The minimum absolute atomic E-state index is 0.490. The topological polar surface area (TPSA) is 44.1 Å². The van der Waals surface area contributed by atoms with E-state index < -0.39 is 23.5 Å². The SMILES string of the molecule is CC(C)/C(O)=C(\F)C(=N)F. The third kappa shape index (κ3) is 2.13. The van der Waals surface area contributed by atoms with Gasteiger partial charge >= 0.3 is 0 Å². The minimum atomic E-state index is -1.73. The normalized spacial score (nSPS) is 13.3. The van der Waals surface area contributed by atoms with Crippen molar-refractivity contribution in [3.63, 3.8) is 0 Å².